The van der Waals surface area contributed by atoms with Crippen molar-refractivity contribution in [3.63, 3.8) is 0 Å². The van der Waals surface area contributed by atoms with E-state index in [1.54, 1.807) is 12.4 Å². The second-order valence-electron chi connectivity index (χ2n) is 6.55. The van der Waals surface area contributed by atoms with Crippen LogP contribution >= 0.6 is 0 Å². The third-order valence-corrected chi connectivity index (χ3v) is 4.25. The SMILES string of the molecule is CC(C)CC(=O)N1CCC(c2nn(CCN)c3nccnc23)C1. The predicted molar refractivity (Wildman–Crippen MR) is 87.8 cm³/mol. The molecule has 1 fully saturated rings. The standard InChI is InChI=1S/C16H24N6O/c1-11(2)9-13(23)21-7-3-12(10-21)14-15-16(19-6-5-18-15)22(20-14)8-4-17/h5-6,11-12H,3-4,7-10,17H2,1-2H3. The van der Waals surface area contributed by atoms with Gasteiger partial charge < -0.3 is 10.6 Å². The fourth-order valence-electron chi connectivity index (χ4n) is 3.17. The molecule has 1 aliphatic heterocycles. The van der Waals surface area contributed by atoms with Crippen molar-refractivity contribution in [1.29, 1.82) is 0 Å². The summed E-state index contributed by atoms with van der Waals surface area (Å²) in [5, 5.41) is 4.69. The van der Waals surface area contributed by atoms with E-state index in [4.69, 9.17) is 5.73 Å². The molecule has 1 saturated heterocycles. The Kier molecular flexibility index (Phi) is 4.56. The van der Waals surface area contributed by atoms with E-state index in [2.05, 4.69) is 28.9 Å². The predicted octanol–water partition coefficient (Wildman–Crippen LogP) is 1.15. The summed E-state index contributed by atoms with van der Waals surface area (Å²) in [6, 6.07) is 0. The largest absolute Gasteiger partial charge is 0.342 e. The van der Waals surface area contributed by atoms with Crippen molar-refractivity contribution in [3.05, 3.63) is 18.1 Å². The van der Waals surface area contributed by atoms with Crippen molar-refractivity contribution in [2.24, 2.45) is 11.7 Å². The van der Waals surface area contributed by atoms with Gasteiger partial charge in [0.25, 0.3) is 0 Å². The van der Waals surface area contributed by atoms with Crippen LogP contribution in [-0.4, -0.2) is 50.2 Å². The molecule has 0 saturated carbocycles. The Balaban J connectivity index is 1.83. The van der Waals surface area contributed by atoms with E-state index in [1.165, 1.54) is 0 Å². The van der Waals surface area contributed by atoms with Gasteiger partial charge in [-0.3, -0.25) is 4.79 Å². The zero-order valence-corrected chi connectivity index (χ0v) is 13.8. The molecule has 2 N–H and O–H groups in total. The molecule has 0 bridgehead atoms. The molecule has 124 valence electrons. The molecule has 7 nitrogen and oxygen atoms in total. The molecule has 1 aliphatic rings. The summed E-state index contributed by atoms with van der Waals surface area (Å²) < 4.78 is 1.83. The van der Waals surface area contributed by atoms with Gasteiger partial charge in [0.15, 0.2) is 5.65 Å². The second-order valence-corrected chi connectivity index (χ2v) is 6.55. The number of carbonyl (C=O) groups is 1. The van der Waals surface area contributed by atoms with Crippen molar-refractivity contribution in [1.82, 2.24) is 24.6 Å². The zero-order chi connectivity index (χ0) is 16.4. The highest BCUT2D eigenvalue weighted by Crippen LogP contribution is 2.30. The van der Waals surface area contributed by atoms with Crippen LogP contribution in [0, 0.1) is 5.92 Å². The first kappa shape index (κ1) is 15.9. The quantitative estimate of drug-likeness (QED) is 0.893. The van der Waals surface area contributed by atoms with Gasteiger partial charge in [-0.25, -0.2) is 14.6 Å². The Morgan fingerprint density at radius 2 is 2.17 bits per heavy atom. The smallest absolute Gasteiger partial charge is 0.222 e. The third kappa shape index (κ3) is 3.19. The second kappa shape index (κ2) is 6.62. The number of hydrogen-bond acceptors (Lipinski definition) is 5. The maximum absolute atomic E-state index is 12.3. The molecular weight excluding hydrogens is 292 g/mol. The van der Waals surface area contributed by atoms with E-state index in [0.29, 0.717) is 25.4 Å². The van der Waals surface area contributed by atoms with Crippen molar-refractivity contribution >= 4 is 17.1 Å². The van der Waals surface area contributed by atoms with E-state index in [-0.39, 0.29) is 11.8 Å². The Labute approximate surface area is 135 Å². The van der Waals surface area contributed by atoms with Crippen LogP contribution in [-0.2, 0) is 11.3 Å². The van der Waals surface area contributed by atoms with Gasteiger partial charge in [-0.15, -0.1) is 0 Å². The number of nitrogens with zero attached hydrogens (tertiary/aromatic N) is 5. The molecule has 2 aromatic rings. The molecule has 1 unspecified atom stereocenters. The van der Waals surface area contributed by atoms with Crippen molar-refractivity contribution < 1.29 is 4.79 Å². The van der Waals surface area contributed by atoms with Crippen LogP contribution in [0.15, 0.2) is 12.4 Å². The first-order valence-electron chi connectivity index (χ1n) is 8.25. The van der Waals surface area contributed by atoms with E-state index >= 15 is 0 Å². The van der Waals surface area contributed by atoms with E-state index < -0.39 is 0 Å². The molecular formula is C16H24N6O. The van der Waals surface area contributed by atoms with Crippen molar-refractivity contribution in [3.8, 4) is 0 Å². The zero-order valence-electron chi connectivity index (χ0n) is 13.8. The summed E-state index contributed by atoms with van der Waals surface area (Å²) in [7, 11) is 0. The maximum atomic E-state index is 12.3. The van der Waals surface area contributed by atoms with Crippen LogP contribution in [0.2, 0.25) is 0 Å². The Morgan fingerprint density at radius 1 is 1.39 bits per heavy atom. The minimum atomic E-state index is 0.226. The van der Waals surface area contributed by atoms with E-state index in [1.807, 2.05) is 9.58 Å². The molecule has 0 spiro atoms. The molecule has 3 heterocycles. The van der Waals surface area contributed by atoms with Gasteiger partial charge in [-0.1, -0.05) is 13.8 Å². The highest BCUT2D eigenvalue weighted by atomic mass is 16.2. The Hall–Kier alpha value is -2.02. The minimum Gasteiger partial charge on any atom is -0.342 e. The normalized spacial score (nSPS) is 18.3. The lowest BCUT2D eigenvalue weighted by Crippen LogP contribution is -2.29. The Morgan fingerprint density at radius 3 is 2.91 bits per heavy atom. The average Bonchev–Trinajstić information content (AvgIpc) is 3.12. The van der Waals surface area contributed by atoms with Gasteiger partial charge in [0, 0.05) is 44.4 Å². The van der Waals surface area contributed by atoms with Crippen molar-refractivity contribution in [2.45, 2.75) is 39.2 Å². The van der Waals surface area contributed by atoms with E-state index in [9.17, 15) is 4.79 Å². The highest BCUT2D eigenvalue weighted by Gasteiger charge is 2.31. The third-order valence-electron chi connectivity index (χ3n) is 4.25. The summed E-state index contributed by atoms with van der Waals surface area (Å²) in [6.07, 6.45) is 4.90. The summed E-state index contributed by atoms with van der Waals surface area (Å²) in [5.41, 5.74) is 8.22. The van der Waals surface area contributed by atoms with Crippen LogP contribution in [0.3, 0.4) is 0 Å². The van der Waals surface area contributed by atoms with Gasteiger partial charge in [0.1, 0.15) is 5.52 Å². The lowest BCUT2D eigenvalue weighted by Gasteiger charge is -2.17. The number of nitrogens with two attached hydrogens (primary N) is 1. The van der Waals surface area contributed by atoms with Gasteiger partial charge in [0.2, 0.25) is 5.91 Å². The molecule has 1 amide bonds. The van der Waals surface area contributed by atoms with Crippen LogP contribution in [0.25, 0.3) is 11.2 Å². The molecule has 2 aromatic heterocycles. The first-order valence-corrected chi connectivity index (χ1v) is 8.25. The highest BCUT2D eigenvalue weighted by molar-refractivity contribution is 5.77. The minimum absolute atomic E-state index is 0.226. The maximum Gasteiger partial charge on any atom is 0.222 e. The lowest BCUT2D eigenvalue weighted by atomic mass is 10.0. The number of aromatic nitrogens is 4. The van der Waals surface area contributed by atoms with Gasteiger partial charge in [0.05, 0.1) is 12.2 Å². The first-order chi connectivity index (χ1) is 11.1. The van der Waals surface area contributed by atoms with Crippen molar-refractivity contribution in [2.75, 3.05) is 19.6 Å². The molecule has 0 aliphatic carbocycles. The van der Waals surface area contributed by atoms with Crippen LogP contribution in [0.5, 0.6) is 0 Å². The molecule has 7 heteroatoms. The number of carbonyl (C=O) groups excluding carboxylic acids is 1. The number of likely N-dealkylation sites (tertiary alicyclic amines) is 1. The van der Waals surface area contributed by atoms with Crippen LogP contribution in [0.4, 0.5) is 0 Å². The summed E-state index contributed by atoms with van der Waals surface area (Å²) in [4.78, 5) is 23.1. The number of fused-ring (bicyclic) bond motifs is 1. The summed E-state index contributed by atoms with van der Waals surface area (Å²) in [6.45, 7) is 6.79. The number of rotatable bonds is 5. The summed E-state index contributed by atoms with van der Waals surface area (Å²) in [5.74, 6) is 0.848. The monoisotopic (exact) mass is 316 g/mol. The molecule has 23 heavy (non-hydrogen) atoms. The molecule has 0 radical (unpaired) electrons. The fourth-order valence-corrected chi connectivity index (χ4v) is 3.17. The average molecular weight is 316 g/mol. The topological polar surface area (TPSA) is 89.9 Å². The molecule has 3 rings (SSSR count). The Bertz CT molecular complexity index is 695. The van der Waals surface area contributed by atoms with Gasteiger partial charge in [-0.05, 0) is 12.3 Å². The van der Waals surface area contributed by atoms with Gasteiger partial charge in [-0.2, -0.15) is 5.10 Å². The van der Waals surface area contributed by atoms with Gasteiger partial charge >= 0.3 is 0 Å². The number of amides is 1. The molecule has 0 aromatic carbocycles. The number of hydrogen-bond donors (Lipinski definition) is 1. The fraction of sp³-hybridized carbons (Fsp3) is 0.625. The summed E-state index contributed by atoms with van der Waals surface area (Å²) >= 11 is 0. The molecule has 1 atom stereocenters. The van der Waals surface area contributed by atoms with Crippen LogP contribution in [0.1, 0.15) is 38.3 Å². The lowest BCUT2D eigenvalue weighted by molar-refractivity contribution is -0.130. The van der Waals surface area contributed by atoms with Crippen LogP contribution < -0.4 is 5.73 Å². The van der Waals surface area contributed by atoms with E-state index in [0.717, 1.165) is 36.4 Å².